The Bertz CT molecular complexity index is 1120. The minimum Gasteiger partial charge on any atom is -0.351 e. The van der Waals surface area contributed by atoms with Crippen LogP contribution < -0.4 is 10.2 Å². The summed E-state index contributed by atoms with van der Waals surface area (Å²) in [5, 5.41) is 5.13. The zero-order chi connectivity index (χ0) is 24.2. The first-order valence-electron chi connectivity index (χ1n) is 10.3. The third-order valence-electron chi connectivity index (χ3n) is 5.63. The first-order valence-corrected chi connectivity index (χ1v) is 11.6. The summed E-state index contributed by atoms with van der Waals surface area (Å²) in [6.07, 6.45) is 3.53. The van der Waals surface area contributed by atoms with Gasteiger partial charge in [-0.15, -0.1) is 11.3 Å². The quantitative estimate of drug-likeness (QED) is 0.456. The summed E-state index contributed by atoms with van der Waals surface area (Å²) < 4.78 is 40.5. The van der Waals surface area contributed by atoms with Crippen molar-refractivity contribution in [1.29, 1.82) is 0 Å². The maximum absolute atomic E-state index is 14.1. The predicted molar refractivity (Wildman–Crippen MR) is 121 cm³/mol. The summed E-state index contributed by atoms with van der Waals surface area (Å²) in [6.45, 7) is 0. The number of nitrogens with one attached hydrogen (secondary N) is 1. The van der Waals surface area contributed by atoms with Crippen molar-refractivity contribution >= 4 is 40.4 Å². The molecule has 1 aliphatic carbocycles. The molecular formula is C22H19ClF3N5O2S. The topological polar surface area (TPSA) is 88.1 Å². The molecule has 0 spiro atoms. The molecule has 0 bridgehead atoms. The molecule has 1 saturated carbocycles. The van der Waals surface area contributed by atoms with Gasteiger partial charge in [0, 0.05) is 52.7 Å². The molecule has 2 heterocycles. The lowest BCUT2D eigenvalue weighted by Crippen LogP contribution is -2.54. The maximum Gasteiger partial charge on any atom is 0.278 e. The van der Waals surface area contributed by atoms with Gasteiger partial charge in [-0.1, -0.05) is 11.6 Å². The molecule has 0 radical (unpaired) electrons. The van der Waals surface area contributed by atoms with E-state index in [4.69, 9.17) is 11.6 Å². The van der Waals surface area contributed by atoms with E-state index in [-0.39, 0.29) is 17.7 Å². The number of rotatable bonds is 8. The highest BCUT2D eigenvalue weighted by molar-refractivity contribution is 7.13. The van der Waals surface area contributed by atoms with E-state index in [1.54, 1.807) is 18.3 Å². The summed E-state index contributed by atoms with van der Waals surface area (Å²) in [5.74, 6) is -2.94. The number of amides is 2. The molecule has 1 aromatic carbocycles. The minimum atomic E-state index is -2.59. The molecule has 2 aromatic heterocycles. The van der Waals surface area contributed by atoms with Crippen molar-refractivity contribution in [3.8, 4) is 10.6 Å². The van der Waals surface area contributed by atoms with Crippen molar-refractivity contribution < 1.29 is 22.8 Å². The lowest BCUT2D eigenvalue weighted by molar-refractivity contribution is -0.129. The maximum atomic E-state index is 14.1. The second-order valence-electron chi connectivity index (χ2n) is 7.66. The van der Waals surface area contributed by atoms with E-state index in [9.17, 15) is 22.8 Å². The van der Waals surface area contributed by atoms with Crippen LogP contribution >= 0.6 is 22.9 Å². The predicted octanol–water partition coefficient (Wildman–Crippen LogP) is 4.37. The summed E-state index contributed by atoms with van der Waals surface area (Å²) in [6, 6.07) is 4.21. The zero-order valence-electron chi connectivity index (χ0n) is 17.5. The summed E-state index contributed by atoms with van der Waals surface area (Å²) in [5.41, 5.74) is -1.34. The third-order valence-corrected chi connectivity index (χ3v) is 6.64. The summed E-state index contributed by atoms with van der Waals surface area (Å²) in [7, 11) is 0. The highest BCUT2D eigenvalue weighted by atomic mass is 35.5. The molecule has 34 heavy (non-hydrogen) atoms. The Labute approximate surface area is 202 Å². The molecule has 2 amide bonds. The van der Waals surface area contributed by atoms with E-state index in [2.05, 4.69) is 20.3 Å². The number of benzene rings is 1. The molecule has 1 aliphatic rings. The standard InChI is InChI=1S/C22H19ClF3N5O2S/c23-18(24)22(33)31(14-3-1-12(2-4-14)21-29-7-8-34-21)17(13-9-27-11-28-10-13)20(32)30-16-6-5-15(16)19(25)26/h1-4,7-11,15-19H,5-6H2,(H,30,32). The van der Waals surface area contributed by atoms with E-state index >= 15 is 0 Å². The van der Waals surface area contributed by atoms with Crippen molar-refractivity contribution in [3.05, 3.63) is 60.1 Å². The van der Waals surface area contributed by atoms with Crippen LogP contribution in [0.3, 0.4) is 0 Å². The molecular weight excluding hydrogens is 491 g/mol. The van der Waals surface area contributed by atoms with E-state index in [0.29, 0.717) is 6.42 Å². The Morgan fingerprint density at radius 2 is 1.82 bits per heavy atom. The number of carbonyl (C=O) groups excluding carboxylic acids is 2. The number of nitrogens with zero attached hydrogens (tertiary/aromatic N) is 4. The number of alkyl halides is 4. The van der Waals surface area contributed by atoms with Gasteiger partial charge in [-0.05, 0) is 37.1 Å². The smallest absolute Gasteiger partial charge is 0.278 e. The van der Waals surface area contributed by atoms with Crippen molar-refractivity contribution in [2.24, 2.45) is 5.92 Å². The molecule has 0 saturated heterocycles. The van der Waals surface area contributed by atoms with Gasteiger partial charge in [0.05, 0.1) is 0 Å². The Morgan fingerprint density at radius 1 is 1.12 bits per heavy atom. The van der Waals surface area contributed by atoms with Crippen molar-refractivity contribution in [3.63, 3.8) is 0 Å². The van der Waals surface area contributed by atoms with Crippen molar-refractivity contribution in [1.82, 2.24) is 20.3 Å². The van der Waals surface area contributed by atoms with Crippen molar-refractivity contribution in [2.45, 2.75) is 37.0 Å². The SMILES string of the molecule is O=C(NC1CCC1C(F)F)C(c1cncnc1)N(C(=O)C(F)Cl)c1ccc(-c2nccs2)cc1. The fourth-order valence-electron chi connectivity index (χ4n) is 3.78. The molecule has 4 rings (SSSR count). The van der Waals surface area contributed by atoms with Crippen LogP contribution in [0, 0.1) is 5.92 Å². The molecule has 1 fully saturated rings. The highest BCUT2D eigenvalue weighted by Gasteiger charge is 2.42. The lowest BCUT2D eigenvalue weighted by Gasteiger charge is -2.39. The van der Waals surface area contributed by atoms with Crippen LogP contribution in [-0.4, -0.2) is 44.9 Å². The van der Waals surface area contributed by atoms with Crippen LogP contribution in [-0.2, 0) is 9.59 Å². The number of anilines is 1. The number of thiazole rings is 1. The molecule has 0 aliphatic heterocycles. The number of aromatic nitrogens is 3. The Hall–Kier alpha value is -3.05. The fraction of sp³-hybridized carbons (Fsp3) is 0.318. The van der Waals surface area contributed by atoms with E-state index in [1.165, 1.54) is 42.2 Å². The number of hydrogen-bond acceptors (Lipinski definition) is 6. The first kappa shape index (κ1) is 24.1. The van der Waals surface area contributed by atoms with Gasteiger partial charge >= 0.3 is 0 Å². The van der Waals surface area contributed by atoms with E-state index in [0.717, 1.165) is 15.5 Å². The van der Waals surface area contributed by atoms with Crippen LogP contribution in [0.15, 0.2) is 54.6 Å². The van der Waals surface area contributed by atoms with Gasteiger partial charge in [0.2, 0.25) is 12.3 Å². The van der Waals surface area contributed by atoms with Gasteiger partial charge < -0.3 is 5.32 Å². The molecule has 4 unspecified atom stereocenters. The van der Waals surface area contributed by atoms with Crippen LogP contribution in [0.5, 0.6) is 0 Å². The highest BCUT2D eigenvalue weighted by Crippen LogP contribution is 2.35. The van der Waals surface area contributed by atoms with E-state index in [1.807, 2.05) is 5.38 Å². The first-order chi connectivity index (χ1) is 16.4. The largest absolute Gasteiger partial charge is 0.351 e. The fourth-order valence-corrected chi connectivity index (χ4v) is 4.53. The van der Waals surface area contributed by atoms with Crippen LogP contribution in [0.4, 0.5) is 18.9 Å². The Morgan fingerprint density at radius 3 is 2.35 bits per heavy atom. The number of carbonyl (C=O) groups is 2. The van der Waals surface area contributed by atoms with Gasteiger partial charge in [0.1, 0.15) is 17.4 Å². The van der Waals surface area contributed by atoms with Gasteiger partial charge in [0.25, 0.3) is 11.5 Å². The van der Waals surface area contributed by atoms with Crippen molar-refractivity contribution in [2.75, 3.05) is 4.90 Å². The van der Waals surface area contributed by atoms with Crippen LogP contribution in [0.2, 0.25) is 0 Å². The lowest BCUT2D eigenvalue weighted by atomic mass is 9.79. The zero-order valence-corrected chi connectivity index (χ0v) is 19.1. The average Bonchev–Trinajstić information content (AvgIpc) is 3.35. The van der Waals surface area contributed by atoms with Gasteiger partial charge in [-0.2, -0.15) is 0 Å². The molecule has 7 nitrogen and oxygen atoms in total. The molecule has 3 aromatic rings. The minimum absolute atomic E-state index is 0.169. The van der Waals surface area contributed by atoms with E-state index < -0.39 is 41.9 Å². The Kier molecular flexibility index (Phi) is 7.42. The molecule has 1 N–H and O–H groups in total. The third kappa shape index (κ3) is 5.05. The number of hydrogen-bond donors (Lipinski definition) is 1. The van der Waals surface area contributed by atoms with Crippen LogP contribution in [0.25, 0.3) is 10.6 Å². The molecule has 12 heteroatoms. The van der Waals surface area contributed by atoms with Gasteiger partial charge in [-0.3, -0.25) is 14.5 Å². The molecule has 178 valence electrons. The monoisotopic (exact) mass is 509 g/mol. The second-order valence-corrected chi connectivity index (χ2v) is 8.94. The molecule has 4 atom stereocenters. The summed E-state index contributed by atoms with van der Waals surface area (Å²) >= 11 is 6.92. The normalized spacial score (nSPS) is 19.2. The van der Waals surface area contributed by atoms with Crippen LogP contribution in [0.1, 0.15) is 24.4 Å². The van der Waals surface area contributed by atoms with Gasteiger partial charge in [-0.25, -0.2) is 28.1 Å². The second kappa shape index (κ2) is 10.5. The Balaban J connectivity index is 1.71. The number of halogens is 4. The average molecular weight is 510 g/mol. The summed E-state index contributed by atoms with van der Waals surface area (Å²) in [4.78, 5) is 39.1. The van der Waals surface area contributed by atoms with Gasteiger partial charge in [0.15, 0.2) is 0 Å².